The minimum atomic E-state index is -0.635. The van der Waals surface area contributed by atoms with Crippen LogP contribution in [0.2, 0.25) is 0 Å². The van der Waals surface area contributed by atoms with E-state index >= 15 is 0 Å². The normalized spacial score (nSPS) is 11.8. The fourth-order valence-electron chi connectivity index (χ4n) is 3.54. The predicted octanol–water partition coefficient (Wildman–Crippen LogP) is 4.67. The van der Waals surface area contributed by atoms with Crippen molar-refractivity contribution < 1.29 is 9.59 Å². The van der Waals surface area contributed by atoms with Gasteiger partial charge in [0.15, 0.2) is 0 Å². The van der Waals surface area contributed by atoms with Gasteiger partial charge in [0, 0.05) is 23.9 Å². The van der Waals surface area contributed by atoms with Gasteiger partial charge in [-0.2, -0.15) is 5.10 Å². The van der Waals surface area contributed by atoms with Crippen LogP contribution >= 0.6 is 11.3 Å². The zero-order chi connectivity index (χ0) is 23.2. The highest BCUT2D eigenvalue weighted by Crippen LogP contribution is 2.23. The summed E-state index contributed by atoms with van der Waals surface area (Å²) in [6.07, 6.45) is 1.94. The van der Waals surface area contributed by atoms with Gasteiger partial charge in [0.1, 0.15) is 6.04 Å². The highest BCUT2D eigenvalue weighted by Gasteiger charge is 2.25. The first-order valence-corrected chi connectivity index (χ1v) is 11.7. The lowest BCUT2D eigenvalue weighted by atomic mass is 10.0. The number of thiophene rings is 1. The van der Waals surface area contributed by atoms with E-state index in [-0.39, 0.29) is 17.7 Å². The van der Waals surface area contributed by atoms with Crippen LogP contribution in [0.3, 0.4) is 0 Å². The van der Waals surface area contributed by atoms with Gasteiger partial charge in [0.25, 0.3) is 5.91 Å². The number of benzene rings is 2. The molecule has 6 nitrogen and oxygen atoms in total. The lowest BCUT2D eigenvalue weighted by Crippen LogP contribution is -2.49. The zero-order valence-electron chi connectivity index (χ0n) is 18.6. The SMILES string of the molecule is CC(C)C(NC(=O)c1cccs1)C(=O)NCc1cn(-c2ccccc2)nc1-c1ccccc1. The molecule has 0 spiro atoms. The van der Waals surface area contributed by atoms with Crippen LogP contribution in [0.15, 0.2) is 84.4 Å². The van der Waals surface area contributed by atoms with Crippen LogP contribution in [0, 0.1) is 5.92 Å². The molecule has 2 heterocycles. The molecule has 2 N–H and O–H groups in total. The van der Waals surface area contributed by atoms with Gasteiger partial charge < -0.3 is 10.6 Å². The third-order valence-electron chi connectivity index (χ3n) is 5.29. The average Bonchev–Trinajstić information content (AvgIpc) is 3.52. The number of rotatable bonds is 8. The van der Waals surface area contributed by atoms with Gasteiger partial charge in [0.2, 0.25) is 5.91 Å². The predicted molar refractivity (Wildman–Crippen MR) is 131 cm³/mol. The summed E-state index contributed by atoms with van der Waals surface area (Å²) in [4.78, 5) is 26.1. The molecule has 7 heteroatoms. The van der Waals surface area contributed by atoms with Crippen molar-refractivity contribution in [2.75, 3.05) is 0 Å². The highest BCUT2D eigenvalue weighted by molar-refractivity contribution is 7.12. The molecule has 4 aromatic rings. The Hall–Kier alpha value is -3.71. The zero-order valence-corrected chi connectivity index (χ0v) is 19.4. The largest absolute Gasteiger partial charge is 0.350 e. The maximum absolute atomic E-state index is 13.0. The number of nitrogens with zero attached hydrogens (tertiary/aromatic N) is 2. The number of aromatic nitrogens is 2. The van der Waals surface area contributed by atoms with Crippen LogP contribution in [0.25, 0.3) is 16.9 Å². The summed E-state index contributed by atoms with van der Waals surface area (Å²) in [7, 11) is 0. The van der Waals surface area contributed by atoms with Gasteiger partial charge in [-0.25, -0.2) is 4.68 Å². The lowest BCUT2D eigenvalue weighted by Gasteiger charge is -2.21. The summed E-state index contributed by atoms with van der Waals surface area (Å²) in [6, 6.07) is 22.7. The minimum absolute atomic E-state index is 0.0606. The van der Waals surface area contributed by atoms with Crippen molar-refractivity contribution >= 4 is 23.2 Å². The second-order valence-electron chi connectivity index (χ2n) is 8.04. The van der Waals surface area contributed by atoms with E-state index in [2.05, 4.69) is 10.6 Å². The van der Waals surface area contributed by atoms with Crippen molar-refractivity contribution in [1.82, 2.24) is 20.4 Å². The minimum Gasteiger partial charge on any atom is -0.350 e. The molecule has 0 aliphatic heterocycles. The van der Waals surface area contributed by atoms with Gasteiger partial charge in [-0.1, -0.05) is 68.4 Å². The Morgan fingerprint density at radius 1 is 0.970 bits per heavy atom. The number of carbonyl (C=O) groups is 2. The second-order valence-corrected chi connectivity index (χ2v) is 8.99. The van der Waals surface area contributed by atoms with Gasteiger partial charge in [-0.05, 0) is 29.5 Å². The van der Waals surface area contributed by atoms with Crippen molar-refractivity contribution in [3.05, 3.63) is 94.8 Å². The Morgan fingerprint density at radius 2 is 1.67 bits per heavy atom. The summed E-state index contributed by atoms with van der Waals surface area (Å²) < 4.78 is 1.82. The Labute approximate surface area is 197 Å². The highest BCUT2D eigenvalue weighted by atomic mass is 32.1. The Balaban J connectivity index is 1.54. The van der Waals surface area contributed by atoms with E-state index in [0.29, 0.717) is 11.4 Å². The van der Waals surface area contributed by atoms with Crippen LogP contribution in [0.4, 0.5) is 0 Å². The summed E-state index contributed by atoms with van der Waals surface area (Å²) >= 11 is 1.35. The average molecular weight is 459 g/mol. The summed E-state index contributed by atoms with van der Waals surface area (Å²) in [6.45, 7) is 4.14. The van der Waals surface area contributed by atoms with Gasteiger partial charge >= 0.3 is 0 Å². The monoisotopic (exact) mass is 458 g/mol. The van der Waals surface area contributed by atoms with Gasteiger partial charge in [-0.15, -0.1) is 11.3 Å². The molecule has 2 aromatic heterocycles. The van der Waals surface area contributed by atoms with E-state index < -0.39 is 6.04 Å². The molecule has 0 aliphatic carbocycles. The van der Waals surface area contributed by atoms with Gasteiger partial charge in [0.05, 0.1) is 16.3 Å². The van der Waals surface area contributed by atoms with Crippen LogP contribution in [-0.2, 0) is 11.3 Å². The smallest absolute Gasteiger partial charge is 0.262 e. The summed E-state index contributed by atoms with van der Waals surface area (Å²) in [5.74, 6) is -0.517. The first-order chi connectivity index (χ1) is 16.0. The molecule has 1 unspecified atom stereocenters. The fourth-order valence-corrected chi connectivity index (χ4v) is 4.17. The summed E-state index contributed by atoms with van der Waals surface area (Å²) in [5, 5.41) is 12.5. The van der Waals surface area contributed by atoms with Crippen molar-refractivity contribution in [1.29, 1.82) is 0 Å². The molecule has 0 bridgehead atoms. The maximum Gasteiger partial charge on any atom is 0.262 e. The van der Waals surface area contributed by atoms with Crippen molar-refractivity contribution in [3.8, 4) is 16.9 Å². The fraction of sp³-hybridized carbons (Fsp3) is 0.192. The van der Waals surface area contributed by atoms with Crippen LogP contribution in [0.1, 0.15) is 29.1 Å². The van der Waals surface area contributed by atoms with E-state index in [1.54, 1.807) is 6.07 Å². The topological polar surface area (TPSA) is 76.0 Å². The standard InChI is InChI=1S/C26H26N4O2S/c1-18(2)23(28-25(31)22-14-9-15-33-22)26(32)27-16-20-17-30(21-12-7-4-8-13-21)29-24(20)19-10-5-3-6-11-19/h3-15,17-18,23H,16H2,1-2H3,(H,27,32)(H,28,31). The molecule has 33 heavy (non-hydrogen) atoms. The van der Waals surface area contributed by atoms with E-state index in [1.807, 2.05) is 96.8 Å². The van der Waals surface area contributed by atoms with Crippen molar-refractivity contribution in [3.63, 3.8) is 0 Å². The number of amides is 2. The van der Waals surface area contributed by atoms with Crippen LogP contribution < -0.4 is 10.6 Å². The molecule has 168 valence electrons. The molecule has 4 rings (SSSR count). The molecule has 1 atom stereocenters. The molecule has 0 saturated carbocycles. The van der Waals surface area contributed by atoms with Gasteiger partial charge in [-0.3, -0.25) is 9.59 Å². The van der Waals surface area contributed by atoms with Crippen molar-refractivity contribution in [2.45, 2.75) is 26.4 Å². The second kappa shape index (κ2) is 10.3. The number of carbonyl (C=O) groups excluding carboxylic acids is 2. The Bertz CT molecular complexity index is 1200. The van der Waals surface area contributed by atoms with E-state index in [0.717, 1.165) is 22.5 Å². The molecular formula is C26H26N4O2S. The molecule has 0 aliphatic rings. The van der Waals surface area contributed by atoms with Crippen molar-refractivity contribution in [2.24, 2.45) is 5.92 Å². The van der Waals surface area contributed by atoms with E-state index in [4.69, 9.17) is 5.10 Å². The molecular weight excluding hydrogens is 432 g/mol. The Morgan fingerprint density at radius 3 is 2.30 bits per heavy atom. The molecule has 2 amide bonds. The first-order valence-electron chi connectivity index (χ1n) is 10.8. The first kappa shape index (κ1) is 22.5. The van der Waals surface area contributed by atoms with Crippen LogP contribution in [-0.4, -0.2) is 27.6 Å². The van der Waals surface area contributed by atoms with E-state index in [9.17, 15) is 9.59 Å². The number of para-hydroxylation sites is 1. The third kappa shape index (κ3) is 5.38. The maximum atomic E-state index is 13.0. The summed E-state index contributed by atoms with van der Waals surface area (Å²) in [5.41, 5.74) is 3.62. The lowest BCUT2D eigenvalue weighted by molar-refractivity contribution is -0.124. The van der Waals surface area contributed by atoms with Crippen LogP contribution in [0.5, 0.6) is 0 Å². The quantitative estimate of drug-likeness (QED) is 0.403. The third-order valence-corrected chi connectivity index (χ3v) is 6.16. The molecule has 0 fully saturated rings. The Kier molecular flexibility index (Phi) is 7.00. The molecule has 0 saturated heterocycles. The number of nitrogens with one attached hydrogen (secondary N) is 2. The van der Waals surface area contributed by atoms with E-state index in [1.165, 1.54) is 11.3 Å². The molecule has 0 radical (unpaired) electrons. The molecule has 2 aromatic carbocycles. The number of hydrogen-bond acceptors (Lipinski definition) is 4. The number of hydrogen-bond donors (Lipinski definition) is 2.